The van der Waals surface area contributed by atoms with E-state index in [4.69, 9.17) is 4.74 Å². The minimum absolute atomic E-state index is 0.109. The van der Waals surface area contributed by atoms with Crippen LogP contribution in [-0.2, 0) is 4.74 Å². The molecule has 1 amide bonds. The minimum Gasteiger partial charge on any atom is -0.444 e. The summed E-state index contributed by atoms with van der Waals surface area (Å²) in [6.45, 7) is 18.0. The van der Waals surface area contributed by atoms with Crippen LogP contribution in [0.2, 0.25) is 0 Å². The van der Waals surface area contributed by atoms with Gasteiger partial charge in [-0.2, -0.15) is 0 Å². The van der Waals surface area contributed by atoms with Gasteiger partial charge in [-0.25, -0.2) is 4.79 Å². The Kier molecular flexibility index (Phi) is 6.54. The van der Waals surface area contributed by atoms with E-state index < -0.39 is 5.60 Å². The summed E-state index contributed by atoms with van der Waals surface area (Å²) in [6.07, 6.45) is 4.23. The van der Waals surface area contributed by atoms with Gasteiger partial charge in [-0.15, -0.1) is 0 Å². The third-order valence-corrected chi connectivity index (χ3v) is 4.42. The van der Waals surface area contributed by atoms with E-state index in [-0.39, 0.29) is 12.1 Å². The first-order valence-electron chi connectivity index (χ1n) is 9.05. The van der Waals surface area contributed by atoms with Gasteiger partial charge < -0.3 is 15.4 Å². The zero-order chi connectivity index (χ0) is 17.9. The van der Waals surface area contributed by atoms with Gasteiger partial charge >= 0.3 is 6.09 Å². The molecule has 4 heteroatoms. The third kappa shape index (κ3) is 8.05. The summed E-state index contributed by atoms with van der Waals surface area (Å²) in [5, 5.41) is 6.66. The fourth-order valence-electron chi connectivity index (χ4n) is 4.07. The average molecular weight is 327 g/mol. The number of hydrogen-bond acceptors (Lipinski definition) is 3. The summed E-state index contributed by atoms with van der Waals surface area (Å²) in [7, 11) is 0. The van der Waals surface area contributed by atoms with Crippen LogP contribution in [0.15, 0.2) is 0 Å². The summed E-state index contributed by atoms with van der Waals surface area (Å²) >= 11 is 0. The summed E-state index contributed by atoms with van der Waals surface area (Å²) in [6, 6.07) is 0.626. The SMILES string of the molecule is CCC(CNC1CC(C)(C)CC(C)(C)C1)NC(=O)OC(C)(C)C. The van der Waals surface area contributed by atoms with Crippen molar-refractivity contribution < 1.29 is 9.53 Å². The summed E-state index contributed by atoms with van der Waals surface area (Å²) < 4.78 is 5.35. The number of carbonyl (C=O) groups is 1. The Balaban J connectivity index is 2.49. The van der Waals surface area contributed by atoms with E-state index in [1.807, 2.05) is 20.8 Å². The normalized spacial score (nSPS) is 22.4. The molecule has 1 saturated carbocycles. The quantitative estimate of drug-likeness (QED) is 0.783. The highest BCUT2D eigenvalue weighted by Crippen LogP contribution is 2.45. The lowest BCUT2D eigenvalue weighted by atomic mass is 9.63. The molecule has 0 bridgehead atoms. The standard InChI is InChI=1S/C19H38N2O2/c1-9-14(21-16(22)23-17(2,3)4)12-20-15-10-18(5,6)13-19(7,8)11-15/h14-15,20H,9-13H2,1-8H3,(H,21,22). The van der Waals surface area contributed by atoms with Crippen LogP contribution >= 0.6 is 0 Å². The second-order valence-corrected chi connectivity index (χ2v) is 9.77. The second-order valence-electron chi connectivity index (χ2n) is 9.77. The van der Waals surface area contributed by atoms with Crippen molar-refractivity contribution in [2.24, 2.45) is 10.8 Å². The lowest BCUT2D eigenvalue weighted by Crippen LogP contribution is -2.49. The highest BCUT2D eigenvalue weighted by atomic mass is 16.6. The molecule has 0 aromatic rings. The van der Waals surface area contributed by atoms with E-state index in [0.29, 0.717) is 16.9 Å². The largest absolute Gasteiger partial charge is 0.444 e. The molecule has 0 saturated heterocycles. The van der Waals surface area contributed by atoms with Gasteiger partial charge in [-0.1, -0.05) is 34.6 Å². The monoisotopic (exact) mass is 326 g/mol. The van der Waals surface area contributed by atoms with E-state index >= 15 is 0 Å². The van der Waals surface area contributed by atoms with E-state index in [2.05, 4.69) is 45.3 Å². The summed E-state index contributed by atoms with van der Waals surface area (Å²) in [5.41, 5.74) is 0.298. The van der Waals surface area contributed by atoms with Gasteiger partial charge in [0.2, 0.25) is 0 Å². The number of ether oxygens (including phenoxy) is 1. The predicted molar refractivity (Wildman–Crippen MR) is 96.7 cm³/mol. The summed E-state index contributed by atoms with van der Waals surface area (Å²) in [5.74, 6) is 0. The van der Waals surface area contributed by atoms with Crippen molar-refractivity contribution in [1.82, 2.24) is 10.6 Å². The average Bonchev–Trinajstić information content (AvgIpc) is 2.28. The van der Waals surface area contributed by atoms with Crippen molar-refractivity contribution in [3.63, 3.8) is 0 Å². The van der Waals surface area contributed by atoms with Gasteiger partial charge in [-0.3, -0.25) is 0 Å². The molecular formula is C19H38N2O2. The van der Waals surface area contributed by atoms with E-state index in [1.165, 1.54) is 19.3 Å². The van der Waals surface area contributed by atoms with Crippen molar-refractivity contribution in [3.8, 4) is 0 Å². The Morgan fingerprint density at radius 1 is 1.17 bits per heavy atom. The van der Waals surface area contributed by atoms with E-state index in [9.17, 15) is 4.79 Å². The molecule has 1 fully saturated rings. The Bertz CT molecular complexity index is 381. The number of alkyl carbamates (subject to hydrolysis) is 1. The van der Waals surface area contributed by atoms with Crippen molar-refractivity contribution in [2.75, 3.05) is 6.54 Å². The molecule has 1 aliphatic carbocycles. The molecule has 4 nitrogen and oxygen atoms in total. The molecule has 1 unspecified atom stereocenters. The lowest BCUT2D eigenvalue weighted by Gasteiger charge is -2.45. The van der Waals surface area contributed by atoms with Crippen LogP contribution in [0, 0.1) is 10.8 Å². The zero-order valence-corrected chi connectivity index (χ0v) is 16.5. The molecule has 23 heavy (non-hydrogen) atoms. The van der Waals surface area contributed by atoms with Crippen LogP contribution in [0.25, 0.3) is 0 Å². The van der Waals surface area contributed by atoms with Crippen LogP contribution in [0.3, 0.4) is 0 Å². The Morgan fingerprint density at radius 2 is 1.70 bits per heavy atom. The van der Waals surface area contributed by atoms with Crippen LogP contribution < -0.4 is 10.6 Å². The van der Waals surface area contributed by atoms with Crippen LogP contribution in [0.1, 0.15) is 81.1 Å². The number of hydrogen-bond donors (Lipinski definition) is 2. The van der Waals surface area contributed by atoms with Crippen molar-refractivity contribution in [2.45, 2.75) is 98.8 Å². The van der Waals surface area contributed by atoms with Crippen molar-refractivity contribution >= 4 is 6.09 Å². The maximum Gasteiger partial charge on any atom is 0.407 e. The predicted octanol–water partition coefficient (Wildman–Crippen LogP) is 4.48. The van der Waals surface area contributed by atoms with Crippen LogP contribution in [0.5, 0.6) is 0 Å². The zero-order valence-electron chi connectivity index (χ0n) is 16.5. The maximum absolute atomic E-state index is 11.9. The smallest absolute Gasteiger partial charge is 0.407 e. The van der Waals surface area contributed by atoms with Crippen LogP contribution in [0.4, 0.5) is 4.79 Å². The molecule has 1 atom stereocenters. The molecule has 0 aromatic heterocycles. The number of rotatable bonds is 5. The van der Waals surface area contributed by atoms with Crippen molar-refractivity contribution in [1.29, 1.82) is 0 Å². The van der Waals surface area contributed by atoms with Gasteiger partial charge in [0, 0.05) is 18.6 Å². The molecule has 0 aliphatic heterocycles. The minimum atomic E-state index is -0.451. The van der Waals surface area contributed by atoms with Gasteiger partial charge in [-0.05, 0) is 57.3 Å². The second kappa shape index (κ2) is 7.42. The number of nitrogens with one attached hydrogen (secondary N) is 2. The molecule has 1 rings (SSSR count). The van der Waals surface area contributed by atoms with E-state index in [0.717, 1.165) is 13.0 Å². The number of carbonyl (C=O) groups excluding carboxylic acids is 1. The summed E-state index contributed by atoms with van der Waals surface area (Å²) in [4.78, 5) is 11.9. The van der Waals surface area contributed by atoms with Gasteiger partial charge in [0.15, 0.2) is 0 Å². The van der Waals surface area contributed by atoms with Gasteiger partial charge in [0.05, 0.1) is 0 Å². The third-order valence-electron chi connectivity index (χ3n) is 4.42. The molecule has 0 spiro atoms. The first-order chi connectivity index (χ1) is 10.3. The van der Waals surface area contributed by atoms with Crippen molar-refractivity contribution in [3.05, 3.63) is 0 Å². The molecular weight excluding hydrogens is 288 g/mol. The Morgan fingerprint density at radius 3 is 2.13 bits per heavy atom. The lowest BCUT2D eigenvalue weighted by molar-refractivity contribution is 0.0492. The van der Waals surface area contributed by atoms with E-state index in [1.54, 1.807) is 0 Å². The highest BCUT2D eigenvalue weighted by Gasteiger charge is 2.38. The Labute approximate surface area is 143 Å². The first kappa shape index (κ1) is 20.3. The topological polar surface area (TPSA) is 50.4 Å². The van der Waals surface area contributed by atoms with Crippen LogP contribution in [-0.4, -0.2) is 30.3 Å². The fraction of sp³-hybridized carbons (Fsp3) is 0.947. The highest BCUT2D eigenvalue weighted by molar-refractivity contribution is 5.68. The van der Waals surface area contributed by atoms with Gasteiger partial charge in [0.25, 0.3) is 0 Å². The van der Waals surface area contributed by atoms with Gasteiger partial charge in [0.1, 0.15) is 5.60 Å². The molecule has 2 N–H and O–H groups in total. The fourth-order valence-corrected chi connectivity index (χ4v) is 4.07. The maximum atomic E-state index is 11.9. The molecule has 0 aromatic carbocycles. The Hall–Kier alpha value is -0.770. The molecule has 0 heterocycles. The molecule has 136 valence electrons. The number of amides is 1. The molecule has 0 radical (unpaired) electrons. The first-order valence-corrected chi connectivity index (χ1v) is 9.05. The molecule has 1 aliphatic rings.